The van der Waals surface area contributed by atoms with Crippen LogP contribution in [0.5, 0.6) is 0 Å². The van der Waals surface area contributed by atoms with Crippen molar-refractivity contribution in [2.24, 2.45) is 0 Å². The lowest BCUT2D eigenvalue weighted by molar-refractivity contribution is -0.870. The van der Waals surface area contributed by atoms with Crippen molar-refractivity contribution in [1.82, 2.24) is 0 Å². The van der Waals surface area contributed by atoms with Gasteiger partial charge in [-0.15, -0.1) is 0 Å². The first-order valence-electron chi connectivity index (χ1n) is 41.8. The molecule has 0 bridgehead atoms. The number of likely N-dealkylation sites (N-methyl/N-ethyl adjacent to an activating group) is 1. The molecule has 2 atom stereocenters. The highest BCUT2D eigenvalue weighted by atomic mass is 31.2. The molecule has 0 aliphatic rings. The molecule has 0 saturated heterocycles. The van der Waals surface area contributed by atoms with Gasteiger partial charge in [0.05, 0.1) is 27.7 Å². The molecule has 2 unspecified atom stereocenters. The highest BCUT2D eigenvalue weighted by molar-refractivity contribution is 7.47. The van der Waals surface area contributed by atoms with Gasteiger partial charge in [0.2, 0.25) is 0 Å². The molecule has 0 aromatic heterocycles. The van der Waals surface area contributed by atoms with E-state index in [9.17, 15) is 19.0 Å². The van der Waals surface area contributed by atoms with Gasteiger partial charge in [-0.25, -0.2) is 4.57 Å². The molecule has 0 fully saturated rings. The first-order chi connectivity index (χ1) is 52.0. The number of rotatable bonds is 74. The van der Waals surface area contributed by atoms with Gasteiger partial charge in [0.25, 0.3) is 0 Å². The van der Waals surface area contributed by atoms with Crippen LogP contribution >= 0.6 is 7.82 Å². The minimum absolute atomic E-state index is 0.0187. The summed E-state index contributed by atoms with van der Waals surface area (Å²) in [5.74, 6) is -0.819. The van der Waals surface area contributed by atoms with Crippen molar-refractivity contribution < 1.29 is 42.1 Å². The van der Waals surface area contributed by atoms with E-state index in [4.69, 9.17) is 18.5 Å². The quantitative estimate of drug-likeness (QED) is 0.0211. The van der Waals surface area contributed by atoms with Gasteiger partial charge >= 0.3 is 19.8 Å². The third kappa shape index (κ3) is 86.7. The Balaban J connectivity index is 4.09. The molecule has 1 N–H and O–H groups in total. The predicted molar refractivity (Wildman–Crippen MR) is 463 cm³/mol. The molecule has 0 aromatic rings. The second-order valence-corrected chi connectivity index (χ2v) is 29.5. The summed E-state index contributed by atoms with van der Waals surface area (Å²) < 4.78 is 34.8. The van der Waals surface area contributed by atoms with Crippen LogP contribution in [-0.2, 0) is 32.7 Å². The van der Waals surface area contributed by atoms with Gasteiger partial charge in [-0.05, 0) is 167 Å². The van der Waals surface area contributed by atoms with Crippen LogP contribution in [0.4, 0.5) is 0 Å². The molecule has 0 aliphatic heterocycles. The molecule has 0 rings (SSSR count). The Hall–Kier alpha value is -6.19. The number of esters is 2. The molecule has 0 amide bonds. The molecule has 0 aliphatic carbocycles. The number of phosphoric ester groups is 1. The van der Waals surface area contributed by atoms with Crippen LogP contribution in [0.2, 0.25) is 0 Å². The number of carbonyl (C=O) groups is 2. The second-order valence-electron chi connectivity index (χ2n) is 28.0. The summed E-state index contributed by atoms with van der Waals surface area (Å²) in [6.45, 7) is 4.18. The van der Waals surface area contributed by atoms with E-state index in [0.29, 0.717) is 17.4 Å². The maximum atomic E-state index is 12.9. The van der Waals surface area contributed by atoms with E-state index in [0.717, 1.165) is 186 Å². The number of ether oxygens (including phenoxy) is 2. The van der Waals surface area contributed by atoms with Crippen molar-refractivity contribution >= 4 is 19.8 Å². The number of nitrogens with zero attached hydrogens (tertiary/aromatic N) is 1. The van der Waals surface area contributed by atoms with E-state index in [-0.39, 0.29) is 32.0 Å². The highest BCUT2D eigenvalue weighted by Crippen LogP contribution is 2.43. The van der Waals surface area contributed by atoms with Crippen molar-refractivity contribution in [3.05, 3.63) is 243 Å². The highest BCUT2D eigenvalue weighted by Gasteiger charge is 2.27. The normalized spacial score (nSPS) is 14.3. The van der Waals surface area contributed by atoms with Crippen LogP contribution in [0, 0.1) is 0 Å². The Kier molecular flexibility index (Phi) is 78.0. The van der Waals surface area contributed by atoms with Gasteiger partial charge < -0.3 is 18.9 Å². The van der Waals surface area contributed by atoms with Crippen molar-refractivity contribution in [3.63, 3.8) is 0 Å². The number of allylic oxidation sites excluding steroid dienone is 40. The molecule has 0 aromatic carbocycles. The monoisotopic (exact) mass is 1480 g/mol. The lowest BCUT2D eigenvalue weighted by Gasteiger charge is -2.24. The Labute approximate surface area is 651 Å². The van der Waals surface area contributed by atoms with Gasteiger partial charge in [0, 0.05) is 12.8 Å². The Morgan fingerprint density at radius 1 is 0.292 bits per heavy atom. The van der Waals surface area contributed by atoms with Crippen LogP contribution in [0.1, 0.15) is 296 Å². The number of unbranched alkanes of at least 4 members (excludes halogenated alkanes) is 20. The summed E-state index contributed by atoms with van der Waals surface area (Å²) >= 11 is 0. The fourth-order valence-corrected chi connectivity index (χ4v) is 11.3. The summed E-state index contributed by atoms with van der Waals surface area (Å²) in [6, 6.07) is 0. The van der Waals surface area contributed by atoms with Gasteiger partial charge in [-0.2, -0.15) is 0 Å². The van der Waals surface area contributed by atoms with Crippen molar-refractivity contribution in [1.29, 1.82) is 0 Å². The summed E-state index contributed by atoms with van der Waals surface area (Å²) in [4.78, 5) is 36.0. The first-order valence-corrected chi connectivity index (χ1v) is 43.3. The Bertz CT molecular complexity index is 2700. The predicted octanol–water partition coefficient (Wildman–Crippen LogP) is 28.6. The largest absolute Gasteiger partial charge is 0.472 e. The van der Waals surface area contributed by atoms with E-state index in [1.807, 2.05) is 21.1 Å². The van der Waals surface area contributed by atoms with Gasteiger partial charge in [-0.1, -0.05) is 360 Å². The number of phosphoric acid groups is 1. The second kappa shape index (κ2) is 82.9. The number of hydrogen-bond donors (Lipinski definition) is 1. The van der Waals surface area contributed by atoms with Crippen LogP contribution in [0.25, 0.3) is 0 Å². The molecule has 9 nitrogen and oxygen atoms in total. The molecule has 0 heterocycles. The molecule has 594 valence electrons. The van der Waals surface area contributed by atoms with Crippen molar-refractivity contribution in [3.8, 4) is 0 Å². The summed E-state index contributed by atoms with van der Waals surface area (Å²) in [5.41, 5.74) is 0. The lowest BCUT2D eigenvalue weighted by atomic mass is 10.0. The molecular weight excluding hydrogens is 1330 g/mol. The number of carbonyl (C=O) groups excluding carboxylic acids is 2. The molecule has 106 heavy (non-hydrogen) atoms. The van der Waals surface area contributed by atoms with Crippen LogP contribution in [0.15, 0.2) is 243 Å². The van der Waals surface area contributed by atoms with Crippen molar-refractivity contribution in [2.45, 2.75) is 302 Å². The third-order valence-corrected chi connectivity index (χ3v) is 17.9. The molecular formula is C96H153NO8P+. The minimum atomic E-state index is -4.42. The zero-order chi connectivity index (χ0) is 76.8. The zero-order valence-electron chi connectivity index (χ0n) is 67.8. The fraction of sp³-hybridized carbons (Fsp3) is 0.562. The van der Waals surface area contributed by atoms with Crippen LogP contribution < -0.4 is 0 Å². The Morgan fingerprint density at radius 3 is 0.755 bits per heavy atom. The number of hydrogen-bond acceptors (Lipinski definition) is 7. The SMILES string of the molecule is CC/C=C\C/C=C\C/C=C\C/C=C\C/C=C\C/C=C\C/C=C\C/C=C\C/C=C\C/C=C\CCCCCCCCCCCCC(=O)OCC(COP(=O)(O)OCC[N+](C)(C)C)OC(=O)CCCCCCCCCCCC/C=C\C/C=C\C/C=C\C/C=C\C/C=C\C/C=C\C/C=C\C/C=C\C/C=C\C/C=C\CC. The molecule has 10 heteroatoms. The average Bonchev–Trinajstić information content (AvgIpc) is 0.951. The van der Waals surface area contributed by atoms with E-state index < -0.39 is 26.5 Å². The van der Waals surface area contributed by atoms with E-state index in [1.165, 1.54) is 77.0 Å². The molecule has 0 radical (unpaired) electrons. The fourth-order valence-electron chi connectivity index (χ4n) is 10.6. The smallest absolute Gasteiger partial charge is 0.462 e. The van der Waals surface area contributed by atoms with Crippen LogP contribution in [0.3, 0.4) is 0 Å². The molecule has 0 saturated carbocycles. The first kappa shape index (κ1) is 99.8. The summed E-state index contributed by atoms with van der Waals surface area (Å²) in [6.07, 6.45) is 134. The topological polar surface area (TPSA) is 108 Å². The minimum Gasteiger partial charge on any atom is -0.462 e. The van der Waals surface area contributed by atoms with E-state index in [2.05, 4.69) is 257 Å². The summed E-state index contributed by atoms with van der Waals surface area (Å²) in [7, 11) is 1.45. The average molecular weight is 1480 g/mol. The van der Waals surface area contributed by atoms with Gasteiger partial charge in [0.15, 0.2) is 6.10 Å². The maximum Gasteiger partial charge on any atom is 0.472 e. The van der Waals surface area contributed by atoms with E-state index in [1.54, 1.807) is 0 Å². The Morgan fingerprint density at radius 2 is 0.509 bits per heavy atom. The lowest BCUT2D eigenvalue weighted by Crippen LogP contribution is -2.37. The van der Waals surface area contributed by atoms with Crippen LogP contribution in [-0.4, -0.2) is 74.9 Å². The maximum absolute atomic E-state index is 12.9. The van der Waals surface area contributed by atoms with Gasteiger partial charge in [0.1, 0.15) is 19.8 Å². The summed E-state index contributed by atoms with van der Waals surface area (Å²) in [5, 5.41) is 0. The third-order valence-electron chi connectivity index (χ3n) is 16.9. The molecule has 0 spiro atoms. The van der Waals surface area contributed by atoms with Crippen molar-refractivity contribution in [2.75, 3.05) is 47.5 Å². The van der Waals surface area contributed by atoms with Gasteiger partial charge in [-0.3, -0.25) is 18.6 Å². The van der Waals surface area contributed by atoms with E-state index >= 15 is 0 Å². The standard InChI is InChI=1S/C96H152NO8P/c1-6-8-10-12-14-16-18-20-22-24-26-28-30-32-34-36-38-40-42-44-46-48-50-52-54-56-58-60-62-64-66-68-70-72-74-76-78-80-82-84-86-88-95(98)102-92-94(93-104-106(100,101)103-91-90-97(3,4)5)105-96(99)89-87-85-83-81-79-77-75-73-71-69-67-65-63-61-59-57-55-53-51-49-47-45-43-41-39-37-35-33-31-29-27-25-23-21-19-17-15-13-11-9-7-2/h8-11,14-17,20-23,26-29,32-35,38-41,44-47,50-53,56-59,62-65,94H,6-7,12-13,18-19,24-25,30-31,36-37,42-43,48-49,54-55,60-61,66-93H2,1-5H3/p+1/b10-8-,11-9-,16-14-,17-15-,22-20-,23-21-,28-26-,29-27-,34-32-,35-33-,40-38-,41-39-,46-44-,47-45-,52-50-,53-51-,58-56-,59-57-,64-62-,65-63-. The number of quaternary nitrogens is 1. The zero-order valence-corrected chi connectivity index (χ0v) is 68.7.